The maximum atomic E-state index is 13.7. The lowest BCUT2D eigenvalue weighted by Gasteiger charge is -2.20. The Bertz CT molecular complexity index is 1950. The number of aromatic nitrogens is 4. The number of fused-ring (bicyclic) bond motifs is 6. The average molecular weight is 589 g/mol. The van der Waals surface area contributed by atoms with Crippen molar-refractivity contribution in [1.29, 1.82) is 0 Å². The van der Waals surface area contributed by atoms with Crippen LogP contribution in [0.1, 0.15) is 78.2 Å². The second kappa shape index (κ2) is 9.11. The largest absolute Gasteiger partial charge is 0.341 e. The summed E-state index contributed by atoms with van der Waals surface area (Å²) in [5, 5.41) is 7.39. The number of halogens is 1. The molecule has 43 heavy (non-hydrogen) atoms. The van der Waals surface area contributed by atoms with Crippen LogP contribution in [0.15, 0.2) is 60.8 Å². The Labute approximate surface area is 255 Å². The van der Waals surface area contributed by atoms with Crippen LogP contribution in [0.5, 0.6) is 0 Å². The Kier molecular flexibility index (Phi) is 5.45. The zero-order valence-corrected chi connectivity index (χ0v) is 24.6. The van der Waals surface area contributed by atoms with E-state index in [0.717, 1.165) is 80.3 Å². The van der Waals surface area contributed by atoms with Gasteiger partial charge in [0.25, 0.3) is 0 Å². The van der Waals surface area contributed by atoms with Gasteiger partial charge in [0.15, 0.2) is 5.78 Å². The van der Waals surface area contributed by atoms with Crippen LogP contribution in [0, 0.1) is 11.3 Å². The van der Waals surface area contributed by atoms with Crippen molar-refractivity contribution >= 4 is 29.2 Å². The van der Waals surface area contributed by atoms with Crippen LogP contribution in [-0.2, 0) is 0 Å². The smallest absolute Gasteiger partial charge is 0.194 e. The SMILES string of the molecule is Cl.O=C1c2cc(-c3ccc4nc([C@H]5N[C@@H]6CC[C@H]5C6)[nH]c4c3)ccc2-c2ccc(-c3cnc(C4CC5(CC5)CN4)[nH]3)cc21. The zero-order chi connectivity index (χ0) is 27.6. The van der Waals surface area contributed by atoms with Gasteiger partial charge in [-0.25, -0.2) is 9.97 Å². The molecule has 2 saturated carbocycles. The van der Waals surface area contributed by atoms with Crippen molar-refractivity contribution < 1.29 is 4.79 Å². The topological polar surface area (TPSA) is 98.5 Å². The molecule has 3 aliphatic carbocycles. The van der Waals surface area contributed by atoms with Crippen LogP contribution in [-0.4, -0.2) is 38.3 Å². The van der Waals surface area contributed by atoms with Crippen molar-refractivity contribution in [3.8, 4) is 33.5 Å². The molecule has 8 heteroatoms. The van der Waals surface area contributed by atoms with Crippen LogP contribution >= 0.6 is 12.4 Å². The van der Waals surface area contributed by atoms with E-state index < -0.39 is 0 Å². The summed E-state index contributed by atoms with van der Waals surface area (Å²) in [7, 11) is 0. The molecule has 2 aliphatic heterocycles. The van der Waals surface area contributed by atoms with Crippen LogP contribution < -0.4 is 10.6 Å². The first-order chi connectivity index (χ1) is 20.6. The molecule has 4 N–H and O–H groups in total. The van der Waals surface area contributed by atoms with Gasteiger partial charge in [-0.1, -0.05) is 30.3 Å². The second-order valence-corrected chi connectivity index (χ2v) is 13.4. The molecule has 3 aromatic carbocycles. The third kappa shape index (κ3) is 3.91. The van der Waals surface area contributed by atoms with E-state index in [2.05, 4.69) is 69.1 Å². The Morgan fingerprint density at radius 2 is 1.58 bits per heavy atom. The van der Waals surface area contributed by atoms with Gasteiger partial charge in [-0.05, 0) is 96.4 Å². The standard InChI is InChI=1S/C35H32N6O.ClH/c42-32-25-12-18(19-4-8-27-28(14-19)40-34(39-27)31-21-1-5-22(11-21)38-31)2-6-23(25)24-7-3-20(13-26(24)32)30-16-36-33(41-30)29-15-35(9-10-35)17-37-29;/h2-4,6-8,12-14,16,21-22,29,31,37-38H,1,5,9-11,15,17H2,(H,36,41)(H,39,40);1H/t21-,22+,29?,31-;/m0./s1. The summed E-state index contributed by atoms with van der Waals surface area (Å²) < 4.78 is 0. The van der Waals surface area contributed by atoms with E-state index in [1.807, 2.05) is 12.3 Å². The number of benzene rings is 3. The number of H-pyrrole nitrogens is 2. The van der Waals surface area contributed by atoms with Gasteiger partial charge in [-0.15, -0.1) is 12.4 Å². The van der Waals surface area contributed by atoms with Crippen molar-refractivity contribution in [2.75, 3.05) is 6.54 Å². The minimum Gasteiger partial charge on any atom is -0.341 e. The molecule has 5 aliphatic rings. The molecule has 0 amide bonds. The molecule has 4 atom stereocenters. The summed E-state index contributed by atoms with van der Waals surface area (Å²) >= 11 is 0. The third-order valence-corrected chi connectivity index (χ3v) is 10.9. The molecule has 2 saturated heterocycles. The number of ketones is 1. The lowest BCUT2D eigenvalue weighted by atomic mass is 9.98. The van der Waals surface area contributed by atoms with Crippen LogP contribution in [0.3, 0.4) is 0 Å². The van der Waals surface area contributed by atoms with Gasteiger partial charge in [-0.3, -0.25) is 4.79 Å². The van der Waals surface area contributed by atoms with E-state index in [1.54, 1.807) is 0 Å². The van der Waals surface area contributed by atoms with Crippen LogP contribution in [0.4, 0.5) is 0 Å². The Balaban J connectivity index is 0.00000260. The van der Waals surface area contributed by atoms with Crippen LogP contribution in [0.25, 0.3) is 44.5 Å². The van der Waals surface area contributed by atoms with Gasteiger partial charge in [0.05, 0.1) is 35.0 Å². The lowest BCUT2D eigenvalue weighted by Crippen LogP contribution is -2.29. The molecular formula is C35H33ClN6O. The maximum absolute atomic E-state index is 13.7. The zero-order valence-electron chi connectivity index (χ0n) is 23.7. The number of hydrogen-bond donors (Lipinski definition) is 4. The van der Waals surface area contributed by atoms with E-state index >= 15 is 0 Å². The quantitative estimate of drug-likeness (QED) is 0.180. The first-order valence-corrected chi connectivity index (χ1v) is 15.5. The minimum absolute atomic E-state index is 0. The number of nitrogens with one attached hydrogen (secondary N) is 4. The summed E-state index contributed by atoms with van der Waals surface area (Å²) in [6.45, 7) is 1.09. The van der Waals surface area contributed by atoms with Crippen LogP contribution in [0.2, 0.25) is 0 Å². The molecule has 10 rings (SSSR count). The first-order valence-electron chi connectivity index (χ1n) is 15.5. The highest BCUT2D eigenvalue weighted by atomic mass is 35.5. The highest BCUT2D eigenvalue weighted by Gasteiger charge is 2.49. The number of imidazole rings is 2. The molecule has 5 aromatic rings. The maximum Gasteiger partial charge on any atom is 0.194 e. The fraction of sp³-hybridized carbons (Fsp3) is 0.343. The lowest BCUT2D eigenvalue weighted by molar-refractivity contribution is 0.104. The van der Waals surface area contributed by atoms with Crippen molar-refractivity contribution in [3.63, 3.8) is 0 Å². The number of piperidine rings is 1. The van der Waals surface area contributed by atoms with Gasteiger partial charge in [0, 0.05) is 29.3 Å². The number of hydrogen-bond acceptors (Lipinski definition) is 5. The van der Waals surface area contributed by atoms with Gasteiger partial charge in [-0.2, -0.15) is 0 Å². The molecule has 7 nitrogen and oxygen atoms in total. The molecule has 216 valence electrons. The number of carbonyl (C=O) groups excluding carboxylic acids is 1. The number of rotatable bonds is 4. The Morgan fingerprint density at radius 3 is 2.33 bits per heavy atom. The van der Waals surface area contributed by atoms with Crippen molar-refractivity contribution in [2.45, 2.75) is 56.7 Å². The molecular weight excluding hydrogens is 556 g/mol. The highest BCUT2D eigenvalue weighted by molar-refractivity contribution is 6.22. The molecule has 4 heterocycles. The Hall–Kier alpha value is -3.78. The third-order valence-electron chi connectivity index (χ3n) is 10.9. The molecule has 2 bridgehead atoms. The number of carbonyl (C=O) groups is 1. The second-order valence-electron chi connectivity index (χ2n) is 13.4. The monoisotopic (exact) mass is 588 g/mol. The fourth-order valence-corrected chi connectivity index (χ4v) is 8.27. The summed E-state index contributed by atoms with van der Waals surface area (Å²) in [5.74, 6) is 2.83. The van der Waals surface area contributed by atoms with E-state index in [9.17, 15) is 4.79 Å². The Morgan fingerprint density at radius 1 is 0.814 bits per heavy atom. The highest BCUT2D eigenvalue weighted by Crippen LogP contribution is 2.54. The fourth-order valence-electron chi connectivity index (χ4n) is 8.27. The molecule has 2 aromatic heterocycles. The predicted octanol–water partition coefficient (Wildman–Crippen LogP) is 6.88. The van der Waals surface area contributed by atoms with Crippen molar-refractivity contribution in [3.05, 3.63) is 83.6 Å². The van der Waals surface area contributed by atoms with E-state index in [-0.39, 0.29) is 18.2 Å². The first kappa shape index (κ1) is 25.7. The van der Waals surface area contributed by atoms with E-state index in [0.29, 0.717) is 29.5 Å². The summed E-state index contributed by atoms with van der Waals surface area (Å²) in [6.07, 6.45) is 9.57. The summed E-state index contributed by atoms with van der Waals surface area (Å²) in [5.41, 5.74) is 10.2. The summed E-state index contributed by atoms with van der Waals surface area (Å²) in [4.78, 5) is 30.5. The summed E-state index contributed by atoms with van der Waals surface area (Å²) in [6, 6.07) is 20.2. The number of aromatic amines is 2. The average Bonchev–Trinajstić information content (AvgIpc) is 3.69. The van der Waals surface area contributed by atoms with Gasteiger partial charge in [0.2, 0.25) is 0 Å². The van der Waals surface area contributed by atoms with Gasteiger partial charge < -0.3 is 20.6 Å². The van der Waals surface area contributed by atoms with Crippen molar-refractivity contribution in [2.24, 2.45) is 11.3 Å². The molecule has 1 spiro atoms. The molecule has 0 radical (unpaired) electrons. The van der Waals surface area contributed by atoms with Gasteiger partial charge >= 0.3 is 0 Å². The normalized spacial score (nSPS) is 25.8. The molecule has 1 unspecified atom stereocenters. The van der Waals surface area contributed by atoms with E-state index in [1.165, 1.54) is 32.1 Å². The minimum atomic E-state index is 0. The van der Waals surface area contributed by atoms with Crippen molar-refractivity contribution in [1.82, 2.24) is 30.6 Å². The number of nitrogens with zero attached hydrogens (tertiary/aromatic N) is 2. The van der Waals surface area contributed by atoms with Gasteiger partial charge in [0.1, 0.15) is 11.6 Å². The predicted molar refractivity (Wildman–Crippen MR) is 169 cm³/mol. The molecule has 4 fully saturated rings. The van der Waals surface area contributed by atoms with E-state index in [4.69, 9.17) is 9.97 Å².